The van der Waals surface area contributed by atoms with E-state index in [1.54, 1.807) is 12.1 Å². The van der Waals surface area contributed by atoms with Gasteiger partial charge >= 0.3 is 0 Å². The minimum absolute atomic E-state index is 0.0507. The number of aromatic nitrogens is 3. The zero-order valence-electron chi connectivity index (χ0n) is 22.2. The van der Waals surface area contributed by atoms with Crippen LogP contribution in [0.5, 0.6) is 0 Å². The van der Waals surface area contributed by atoms with Gasteiger partial charge in [0, 0.05) is 23.5 Å². The Labute approximate surface area is 218 Å². The number of nitrogens with one attached hydrogen (secondary N) is 4. The van der Waals surface area contributed by atoms with E-state index in [1.165, 1.54) is 17.3 Å². The third-order valence-corrected chi connectivity index (χ3v) is 6.36. The Morgan fingerprint density at radius 1 is 1.16 bits per heavy atom. The minimum Gasteiger partial charge on any atom is -0.350 e. The number of pyridine rings is 1. The zero-order chi connectivity index (χ0) is 26.8. The van der Waals surface area contributed by atoms with Crippen LogP contribution < -0.4 is 21.3 Å². The molecule has 0 aliphatic carbocycles. The van der Waals surface area contributed by atoms with Gasteiger partial charge in [0.1, 0.15) is 17.2 Å². The lowest BCUT2D eigenvalue weighted by Gasteiger charge is -2.34. The summed E-state index contributed by atoms with van der Waals surface area (Å²) in [6, 6.07) is 13.9. The fraction of sp³-hybridized carbons (Fsp3) is 0.393. The molecule has 3 heterocycles. The number of carbonyl (C=O) groups is 1. The van der Waals surface area contributed by atoms with E-state index in [1.807, 2.05) is 39.8 Å². The van der Waals surface area contributed by atoms with E-state index >= 15 is 0 Å². The number of fused-ring (bicyclic) bond motifs is 1. The normalized spacial score (nSPS) is 14.4. The summed E-state index contributed by atoms with van der Waals surface area (Å²) in [5.41, 5.74) is 3.51. The third kappa shape index (κ3) is 5.87. The molecular weight excluding hydrogens is 464 g/mol. The molecule has 1 aliphatic heterocycles. The summed E-state index contributed by atoms with van der Waals surface area (Å²) in [5, 5.41) is 22.4. The van der Waals surface area contributed by atoms with Crippen LogP contribution in [0.3, 0.4) is 0 Å². The molecule has 9 nitrogen and oxygen atoms in total. The van der Waals surface area contributed by atoms with Crippen LogP contribution in [0, 0.1) is 11.3 Å². The number of rotatable bonds is 7. The molecular formula is C28H34N8O. The van der Waals surface area contributed by atoms with Crippen LogP contribution in [0.1, 0.15) is 68.7 Å². The summed E-state index contributed by atoms with van der Waals surface area (Å²) < 4.78 is 0. The first-order valence-corrected chi connectivity index (χ1v) is 12.5. The maximum absolute atomic E-state index is 12.9. The van der Waals surface area contributed by atoms with Crippen molar-refractivity contribution >= 4 is 29.2 Å². The van der Waals surface area contributed by atoms with Gasteiger partial charge in [0.25, 0.3) is 5.91 Å². The van der Waals surface area contributed by atoms with Crippen LogP contribution in [0.4, 0.5) is 23.3 Å². The molecule has 3 aromatic rings. The maximum atomic E-state index is 12.9. The summed E-state index contributed by atoms with van der Waals surface area (Å²) in [6.07, 6.45) is 2.45. The molecule has 0 unspecified atom stereocenters. The topological polar surface area (TPSA) is 128 Å². The number of anilines is 4. The van der Waals surface area contributed by atoms with Gasteiger partial charge in [-0.15, -0.1) is 0 Å². The van der Waals surface area contributed by atoms with Crippen molar-refractivity contribution in [2.75, 3.05) is 17.2 Å². The van der Waals surface area contributed by atoms with Gasteiger partial charge < -0.3 is 21.3 Å². The van der Waals surface area contributed by atoms with Gasteiger partial charge in [-0.05, 0) is 89.9 Å². The summed E-state index contributed by atoms with van der Waals surface area (Å²) in [5.74, 6) is 0.859. The van der Waals surface area contributed by atoms with E-state index in [2.05, 4.69) is 68.3 Å². The Balaban J connectivity index is 1.67. The Morgan fingerprint density at radius 2 is 1.95 bits per heavy atom. The molecule has 0 atom stereocenters. The molecule has 1 aliphatic rings. The van der Waals surface area contributed by atoms with Crippen LogP contribution in [-0.4, -0.2) is 33.4 Å². The number of hydrogen-bond acceptors (Lipinski definition) is 8. The van der Waals surface area contributed by atoms with Gasteiger partial charge in [-0.3, -0.25) is 4.79 Å². The van der Waals surface area contributed by atoms with Gasteiger partial charge in [-0.2, -0.15) is 10.2 Å². The van der Waals surface area contributed by atoms with E-state index < -0.39 is 5.41 Å². The quantitative estimate of drug-likeness (QED) is 0.370. The number of amides is 1. The van der Waals surface area contributed by atoms with Crippen LogP contribution in [0.2, 0.25) is 0 Å². The lowest BCUT2D eigenvalue weighted by Crippen LogP contribution is -2.42. The highest BCUT2D eigenvalue weighted by molar-refractivity contribution is 5.99. The van der Waals surface area contributed by atoms with Gasteiger partial charge in [-0.1, -0.05) is 12.1 Å². The monoisotopic (exact) mass is 498 g/mol. The molecule has 0 fully saturated rings. The number of carbonyl (C=O) groups excluding carboxylic acids is 1. The van der Waals surface area contributed by atoms with Crippen molar-refractivity contribution in [1.29, 1.82) is 5.26 Å². The number of hydrogen-bond donors (Lipinski definition) is 4. The molecule has 1 amide bonds. The number of benzene rings is 1. The largest absolute Gasteiger partial charge is 0.350 e. The van der Waals surface area contributed by atoms with E-state index in [9.17, 15) is 10.1 Å². The molecule has 4 rings (SSSR count). The lowest BCUT2D eigenvalue weighted by molar-refractivity contribution is 0.0943. The Kier molecular flexibility index (Phi) is 7.14. The van der Waals surface area contributed by atoms with Crippen LogP contribution in [0.15, 0.2) is 42.6 Å². The Morgan fingerprint density at radius 3 is 2.68 bits per heavy atom. The summed E-state index contributed by atoms with van der Waals surface area (Å²) in [6.45, 7) is 12.7. The molecule has 0 spiro atoms. The first kappa shape index (κ1) is 26.0. The summed E-state index contributed by atoms with van der Waals surface area (Å²) >= 11 is 0. The molecule has 0 saturated heterocycles. The summed E-state index contributed by atoms with van der Waals surface area (Å²) in [7, 11) is 0. The molecule has 1 aromatic carbocycles. The highest BCUT2D eigenvalue weighted by Crippen LogP contribution is 2.31. The van der Waals surface area contributed by atoms with Crippen molar-refractivity contribution in [2.24, 2.45) is 0 Å². The SMILES string of the molecule is CC(C)NC(=O)c1cnc(Nc2ccc3c(c2)CCNC3(C)C)nc1Nc1cccc(C(C)(C)C#N)n1. The highest BCUT2D eigenvalue weighted by atomic mass is 16.1. The molecule has 4 N–H and O–H groups in total. The van der Waals surface area contributed by atoms with Crippen molar-refractivity contribution in [2.45, 2.75) is 65.0 Å². The minimum atomic E-state index is -0.759. The predicted molar refractivity (Wildman–Crippen MR) is 145 cm³/mol. The van der Waals surface area contributed by atoms with Gasteiger partial charge in [0.15, 0.2) is 0 Å². The van der Waals surface area contributed by atoms with Crippen molar-refractivity contribution in [3.63, 3.8) is 0 Å². The first-order valence-electron chi connectivity index (χ1n) is 12.5. The average Bonchev–Trinajstić information content (AvgIpc) is 2.83. The van der Waals surface area contributed by atoms with Crippen LogP contribution >= 0.6 is 0 Å². The van der Waals surface area contributed by atoms with Crippen molar-refractivity contribution < 1.29 is 4.79 Å². The molecule has 0 radical (unpaired) electrons. The Hall–Kier alpha value is -4.03. The first-order chi connectivity index (χ1) is 17.5. The zero-order valence-corrected chi connectivity index (χ0v) is 22.2. The molecule has 192 valence electrons. The molecule has 37 heavy (non-hydrogen) atoms. The van der Waals surface area contributed by atoms with Crippen molar-refractivity contribution in [3.05, 3.63) is 65.0 Å². The second-order valence-electron chi connectivity index (χ2n) is 10.7. The second-order valence-corrected chi connectivity index (χ2v) is 10.7. The molecule has 0 saturated carbocycles. The second kappa shape index (κ2) is 10.1. The average molecular weight is 499 g/mol. The summed E-state index contributed by atoms with van der Waals surface area (Å²) in [4.78, 5) is 26.6. The van der Waals surface area contributed by atoms with Crippen molar-refractivity contribution in [1.82, 2.24) is 25.6 Å². The smallest absolute Gasteiger partial charge is 0.256 e. The molecule has 9 heteroatoms. The van der Waals surface area contributed by atoms with Gasteiger partial charge in [0.05, 0.1) is 17.2 Å². The fourth-order valence-corrected chi connectivity index (χ4v) is 4.30. The number of nitrogens with zero attached hydrogens (tertiary/aromatic N) is 4. The van der Waals surface area contributed by atoms with Crippen LogP contribution in [-0.2, 0) is 17.4 Å². The van der Waals surface area contributed by atoms with E-state index in [0.29, 0.717) is 28.8 Å². The highest BCUT2D eigenvalue weighted by Gasteiger charge is 2.27. The standard InChI is InChI=1S/C28H34N8O/c1-17(2)32-25(37)20-15-30-26(33-19-10-11-21-18(14-19)12-13-31-28(21,5)6)36-24(20)35-23-9-7-8-22(34-23)27(3,4)16-29/h7-11,14-15,17,31H,12-13H2,1-6H3,(H,32,37)(H2,30,33,34,35,36). The number of nitriles is 1. The third-order valence-electron chi connectivity index (χ3n) is 6.36. The van der Waals surface area contributed by atoms with E-state index in [4.69, 9.17) is 0 Å². The van der Waals surface area contributed by atoms with E-state index in [-0.39, 0.29) is 17.5 Å². The van der Waals surface area contributed by atoms with Crippen LogP contribution in [0.25, 0.3) is 0 Å². The Bertz CT molecular complexity index is 1360. The molecule has 0 bridgehead atoms. The maximum Gasteiger partial charge on any atom is 0.256 e. The van der Waals surface area contributed by atoms with Gasteiger partial charge in [0.2, 0.25) is 5.95 Å². The van der Waals surface area contributed by atoms with Crippen molar-refractivity contribution in [3.8, 4) is 6.07 Å². The molecule has 2 aromatic heterocycles. The van der Waals surface area contributed by atoms with E-state index in [0.717, 1.165) is 18.7 Å². The predicted octanol–water partition coefficient (Wildman–Crippen LogP) is 4.68. The van der Waals surface area contributed by atoms with Gasteiger partial charge in [-0.25, -0.2) is 9.97 Å². The lowest BCUT2D eigenvalue weighted by atomic mass is 9.85. The fourth-order valence-electron chi connectivity index (χ4n) is 4.30.